The maximum absolute atomic E-state index is 9.51. The molecule has 0 aliphatic heterocycles. The third-order valence-electron chi connectivity index (χ3n) is 6.30. The fourth-order valence-electron chi connectivity index (χ4n) is 4.72. The smallest absolute Gasteiger partial charge is 0.101 e. The number of hydrogen-bond acceptors (Lipinski definition) is 4. The van der Waals surface area contributed by atoms with Crippen molar-refractivity contribution < 1.29 is 0 Å². The number of fused-ring (bicyclic) bond motifs is 2. The highest BCUT2D eigenvalue weighted by Gasteiger charge is 2.18. The predicted molar refractivity (Wildman–Crippen MR) is 146 cm³/mol. The summed E-state index contributed by atoms with van der Waals surface area (Å²) in [6, 6.07) is 31.1. The van der Waals surface area contributed by atoms with Crippen molar-refractivity contribution >= 4 is 27.1 Å². The molecule has 0 atom stereocenters. The average molecular weight is 463 g/mol. The summed E-state index contributed by atoms with van der Waals surface area (Å²) in [5.74, 6) is 0. The monoisotopic (exact) mass is 462 g/mol. The molecule has 4 nitrogen and oxygen atoms in total. The first-order valence-corrected chi connectivity index (χ1v) is 11.5. The minimum absolute atomic E-state index is 0.504. The first-order valence-electron chi connectivity index (χ1n) is 11.5. The van der Waals surface area contributed by atoms with Gasteiger partial charge in [0, 0.05) is 29.7 Å². The summed E-state index contributed by atoms with van der Waals surface area (Å²) in [7, 11) is 0. The van der Waals surface area contributed by atoms with E-state index in [4.69, 9.17) is 5.73 Å². The molecule has 0 bridgehead atoms. The van der Waals surface area contributed by atoms with Crippen LogP contribution in [-0.4, -0.2) is 4.98 Å². The number of pyridine rings is 1. The van der Waals surface area contributed by atoms with E-state index in [2.05, 4.69) is 59.6 Å². The zero-order valence-corrected chi connectivity index (χ0v) is 19.7. The molecule has 0 amide bonds. The van der Waals surface area contributed by atoms with Crippen LogP contribution >= 0.6 is 0 Å². The van der Waals surface area contributed by atoms with Crippen LogP contribution in [0.1, 0.15) is 18.1 Å². The third kappa shape index (κ3) is 3.98. The van der Waals surface area contributed by atoms with Gasteiger partial charge in [-0.1, -0.05) is 66.7 Å². The Morgan fingerprint density at radius 3 is 2.22 bits per heavy atom. The summed E-state index contributed by atoms with van der Waals surface area (Å²) >= 11 is 0. The van der Waals surface area contributed by atoms with Crippen LogP contribution < -0.4 is 5.73 Å². The minimum Gasteiger partial charge on any atom is -0.404 e. The van der Waals surface area contributed by atoms with Gasteiger partial charge in [-0.25, -0.2) is 0 Å². The second-order valence-corrected chi connectivity index (χ2v) is 8.56. The summed E-state index contributed by atoms with van der Waals surface area (Å²) < 4.78 is 0. The summed E-state index contributed by atoms with van der Waals surface area (Å²) in [5, 5.41) is 23.0. The second kappa shape index (κ2) is 9.58. The van der Waals surface area contributed by atoms with Gasteiger partial charge in [-0.05, 0) is 74.5 Å². The maximum atomic E-state index is 9.51. The number of nitrogens with two attached hydrogens (primary N) is 1. The molecule has 1 aromatic heterocycles. The number of nitrogens with zero attached hydrogens (tertiary/aromatic N) is 3. The molecular weight excluding hydrogens is 440 g/mol. The number of benzene rings is 4. The first-order chi connectivity index (χ1) is 17.6. The molecule has 0 saturated carbocycles. The van der Waals surface area contributed by atoms with E-state index in [9.17, 15) is 10.5 Å². The van der Waals surface area contributed by atoms with E-state index in [1.54, 1.807) is 25.5 Å². The van der Waals surface area contributed by atoms with Gasteiger partial charge in [0.05, 0.1) is 11.6 Å². The molecule has 5 rings (SSSR count). The largest absolute Gasteiger partial charge is 0.404 e. The Morgan fingerprint density at radius 2 is 1.50 bits per heavy atom. The molecule has 0 fully saturated rings. The molecule has 170 valence electrons. The number of allylic oxidation sites excluding steroid dienone is 3. The predicted octanol–water partition coefficient (Wildman–Crippen LogP) is 7.36. The molecule has 0 unspecified atom stereocenters. The lowest BCUT2D eigenvalue weighted by Gasteiger charge is -2.19. The standard InChI is InChI=1S/C32H22N4/c1-21(16-33)13-25(18-35)31-27-9-5-6-10-28(27)32(26-14-22(17-34)19-36-20-26)29-12-11-24(15-30(29)31)23-7-3-2-4-8-23/h2-15,18-20H,35H2,1H3/b21-13+,25-18+. The van der Waals surface area contributed by atoms with Crippen molar-refractivity contribution in [3.63, 3.8) is 0 Å². The molecule has 5 aromatic rings. The van der Waals surface area contributed by atoms with Crippen molar-refractivity contribution in [2.24, 2.45) is 5.73 Å². The van der Waals surface area contributed by atoms with Crippen LogP contribution in [0.15, 0.2) is 109 Å². The second-order valence-electron chi connectivity index (χ2n) is 8.56. The topological polar surface area (TPSA) is 86.5 Å². The summed E-state index contributed by atoms with van der Waals surface area (Å²) in [4.78, 5) is 4.34. The molecule has 0 saturated heterocycles. The van der Waals surface area contributed by atoms with Crippen molar-refractivity contribution in [2.45, 2.75) is 6.92 Å². The van der Waals surface area contributed by atoms with Gasteiger partial charge in [0.1, 0.15) is 6.07 Å². The molecule has 0 aliphatic rings. The van der Waals surface area contributed by atoms with Crippen LogP contribution in [0.25, 0.3) is 49.4 Å². The van der Waals surface area contributed by atoms with E-state index in [0.717, 1.165) is 54.9 Å². The highest BCUT2D eigenvalue weighted by atomic mass is 14.6. The molecule has 36 heavy (non-hydrogen) atoms. The van der Waals surface area contributed by atoms with Crippen LogP contribution in [0, 0.1) is 22.7 Å². The van der Waals surface area contributed by atoms with E-state index < -0.39 is 0 Å². The molecule has 4 aromatic carbocycles. The highest BCUT2D eigenvalue weighted by Crippen LogP contribution is 2.43. The summed E-state index contributed by atoms with van der Waals surface area (Å²) in [5.41, 5.74) is 13.0. The molecule has 0 spiro atoms. The number of nitriles is 2. The summed E-state index contributed by atoms with van der Waals surface area (Å²) in [6.45, 7) is 1.77. The molecule has 4 heteroatoms. The number of rotatable bonds is 4. The Kier molecular flexibility index (Phi) is 6.02. The van der Waals surface area contributed by atoms with Crippen molar-refractivity contribution in [3.05, 3.63) is 120 Å². The fraction of sp³-hybridized carbons (Fsp3) is 0.0312. The number of aromatic nitrogens is 1. The Labute approximate surface area is 209 Å². The maximum Gasteiger partial charge on any atom is 0.101 e. The van der Waals surface area contributed by atoms with Gasteiger partial charge in [0.25, 0.3) is 0 Å². The van der Waals surface area contributed by atoms with Gasteiger partial charge >= 0.3 is 0 Å². The normalized spacial score (nSPS) is 11.9. The van der Waals surface area contributed by atoms with E-state index >= 15 is 0 Å². The SMILES string of the molecule is C/C(C#N)=C\C(=C/N)c1c2ccccc2c(-c2cncc(C#N)c2)c2ccc(-c3ccccc3)cc12. The molecule has 2 N–H and O–H groups in total. The zero-order chi connectivity index (χ0) is 25.1. The van der Waals surface area contributed by atoms with Crippen molar-refractivity contribution in [1.82, 2.24) is 4.98 Å². The Hall–Kier alpha value is -5.19. The van der Waals surface area contributed by atoms with Gasteiger partial charge < -0.3 is 5.73 Å². The quantitative estimate of drug-likeness (QED) is 0.172. The van der Waals surface area contributed by atoms with Crippen LogP contribution in [0.5, 0.6) is 0 Å². The van der Waals surface area contributed by atoms with Crippen molar-refractivity contribution in [3.8, 4) is 34.4 Å². The van der Waals surface area contributed by atoms with Gasteiger partial charge in [-0.15, -0.1) is 0 Å². The molecule has 1 heterocycles. The van der Waals surface area contributed by atoms with Gasteiger partial charge in [-0.2, -0.15) is 10.5 Å². The van der Waals surface area contributed by atoms with E-state index in [-0.39, 0.29) is 0 Å². The van der Waals surface area contributed by atoms with Crippen molar-refractivity contribution in [1.29, 1.82) is 10.5 Å². The van der Waals surface area contributed by atoms with Gasteiger partial charge in [0.2, 0.25) is 0 Å². The van der Waals surface area contributed by atoms with E-state index in [1.807, 2.05) is 42.5 Å². The number of hydrogen-bond donors (Lipinski definition) is 1. The summed E-state index contributed by atoms with van der Waals surface area (Å²) in [6.07, 6.45) is 6.76. The molecular formula is C32H22N4. The van der Waals surface area contributed by atoms with E-state index in [0.29, 0.717) is 11.1 Å². The lowest BCUT2D eigenvalue weighted by atomic mass is 9.84. The van der Waals surface area contributed by atoms with E-state index in [1.165, 1.54) is 0 Å². The highest BCUT2D eigenvalue weighted by molar-refractivity contribution is 6.20. The third-order valence-corrected chi connectivity index (χ3v) is 6.30. The Balaban J connectivity index is 1.97. The lowest BCUT2D eigenvalue weighted by molar-refractivity contribution is 1.31. The van der Waals surface area contributed by atoms with Crippen LogP contribution in [0.3, 0.4) is 0 Å². The Bertz CT molecular complexity index is 1760. The van der Waals surface area contributed by atoms with Gasteiger partial charge in [0.15, 0.2) is 0 Å². The first kappa shape index (κ1) is 22.6. The minimum atomic E-state index is 0.504. The van der Waals surface area contributed by atoms with Crippen LogP contribution in [0.2, 0.25) is 0 Å². The van der Waals surface area contributed by atoms with Crippen LogP contribution in [-0.2, 0) is 0 Å². The van der Waals surface area contributed by atoms with Gasteiger partial charge in [-0.3, -0.25) is 4.98 Å². The Morgan fingerprint density at radius 1 is 0.778 bits per heavy atom. The fourth-order valence-corrected chi connectivity index (χ4v) is 4.72. The van der Waals surface area contributed by atoms with Crippen molar-refractivity contribution in [2.75, 3.05) is 0 Å². The average Bonchev–Trinajstić information content (AvgIpc) is 2.94. The molecule has 0 aliphatic carbocycles. The van der Waals surface area contributed by atoms with Crippen LogP contribution in [0.4, 0.5) is 0 Å². The molecule has 0 radical (unpaired) electrons. The lowest BCUT2D eigenvalue weighted by Crippen LogP contribution is -1.96. The zero-order valence-electron chi connectivity index (χ0n) is 19.7.